The monoisotopic (exact) mass is 315 g/mol. The number of benzene rings is 1. The number of anilines is 1. The zero-order chi connectivity index (χ0) is 16.3. The Bertz CT molecular complexity index is 512. The number of halogens is 6. The Hall–Kier alpha value is -1.97. The van der Waals surface area contributed by atoms with Crippen LogP contribution in [0.15, 0.2) is 18.2 Å². The van der Waals surface area contributed by atoms with Gasteiger partial charge in [-0.25, -0.2) is 0 Å². The minimum Gasteiger partial charge on any atom is -0.352 e. The van der Waals surface area contributed by atoms with Crippen molar-refractivity contribution in [3.8, 4) is 0 Å². The number of amides is 1. The molecule has 0 saturated heterocycles. The lowest BCUT2D eigenvalue weighted by molar-refractivity contribution is -0.137. The average Bonchev–Trinajstić information content (AvgIpc) is 2.35. The highest BCUT2D eigenvalue weighted by atomic mass is 19.4. The predicted octanol–water partition coefficient (Wildman–Crippen LogP) is 2.67. The van der Waals surface area contributed by atoms with Crippen LogP contribution in [0.25, 0.3) is 0 Å². The van der Waals surface area contributed by atoms with Crippen LogP contribution in [0, 0.1) is 0 Å². The zero-order valence-electron chi connectivity index (χ0n) is 10.4. The minimum absolute atomic E-state index is 0.132. The molecule has 0 atom stereocenters. The number of hydrogen-bond acceptors (Lipinski definition) is 3. The molecule has 0 aliphatic rings. The molecule has 0 aliphatic heterocycles. The highest BCUT2D eigenvalue weighted by Gasteiger charge is 2.32. The zero-order valence-corrected chi connectivity index (χ0v) is 10.4. The fraction of sp³-hybridized carbons (Fsp3) is 0.364. The molecule has 0 aromatic heterocycles. The Kier molecular flexibility index (Phi) is 5.05. The molecule has 1 aromatic rings. The topological polar surface area (TPSA) is 67.1 Å². The quantitative estimate of drug-likeness (QED) is 0.455. The first-order valence-electron chi connectivity index (χ1n) is 5.57. The summed E-state index contributed by atoms with van der Waals surface area (Å²) in [6.07, 6.45) is -10.5. The molecule has 4 N–H and O–H groups in total. The lowest BCUT2D eigenvalue weighted by Gasteiger charge is -2.13. The SMILES string of the molecule is NNc1ccc(C(F)(F)F)cc1C(=O)NCCC(F)(F)F. The van der Waals surface area contributed by atoms with E-state index < -0.39 is 42.4 Å². The number of nitrogens with two attached hydrogens (primary N) is 1. The summed E-state index contributed by atoms with van der Waals surface area (Å²) in [6, 6.07) is 2.13. The van der Waals surface area contributed by atoms with Gasteiger partial charge in [0.05, 0.1) is 23.2 Å². The number of alkyl halides is 6. The Balaban J connectivity index is 2.91. The third-order valence-electron chi connectivity index (χ3n) is 2.44. The van der Waals surface area contributed by atoms with Gasteiger partial charge in [0.15, 0.2) is 0 Å². The Labute approximate surface area is 115 Å². The highest BCUT2D eigenvalue weighted by Crippen LogP contribution is 2.31. The van der Waals surface area contributed by atoms with Gasteiger partial charge in [0.25, 0.3) is 5.91 Å². The second-order valence-corrected chi connectivity index (χ2v) is 4.02. The van der Waals surface area contributed by atoms with Crippen molar-refractivity contribution in [3.63, 3.8) is 0 Å². The van der Waals surface area contributed by atoms with Gasteiger partial charge in [0.1, 0.15) is 0 Å². The molecule has 0 fully saturated rings. The first-order chi connectivity index (χ1) is 9.54. The Morgan fingerprint density at radius 1 is 1.14 bits per heavy atom. The molecular weight excluding hydrogens is 304 g/mol. The maximum atomic E-state index is 12.5. The standard InChI is InChI=1S/C11H11F6N3O/c12-10(13,14)3-4-19-9(21)7-5-6(11(15,16)17)1-2-8(7)20-18/h1-2,5,20H,3-4,18H2,(H,19,21). The maximum absolute atomic E-state index is 12.5. The van der Waals surface area contributed by atoms with Crippen LogP contribution < -0.4 is 16.6 Å². The Morgan fingerprint density at radius 3 is 2.24 bits per heavy atom. The first-order valence-corrected chi connectivity index (χ1v) is 5.57. The maximum Gasteiger partial charge on any atom is 0.416 e. The van der Waals surface area contributed by atoms with Crippen molar-refractivity contribution in [2.24, 2.45) is 5.84 Å². The number of nitrogens with one attached hydrogen (secondary N) is 2. The van der Waals surface area contributed by atoms with Gasteiger partial charge in [-0.3, -0.25) is 10.6 Å². The van der Waals surface area contributed by atoms with Crippen LogP contribution in [-0.2, 0) is 6.18 Å². The predicted molar refractivity (Wildman–Crippen MR) is 62.3 cm³/mol. The molecule has 10 heteroatoms. The van der Waals surface area contributed by atoms with Crippen LogP contribution in [0.2, 0.25) is 0 Å². The van der Waals surface area contributed by atoms with Crippen LogP contribution >= 0.6 is 0 Å². The average molecular weight is 315 g/mol. The summed E-state index contributed by atoms with van der Waals surface area (Å²) in [4.78, 5) is 11.6. The third-order valence-corrected chi connectivity index (χ3v) is 2.44. The van der Waals surface area contributed by atoms with E-state index in [2.05, 4.69) is 0 Å². The van der Waals surface area contributed by atoms with Gasteiger partial charge >= 0.3 is 12.4 Å². The largest absolute Gasteiger partial charge is 0.416 e. The summed E-state index contributed by atoms with van der Waals surface area (Å²) in [6.45, 7) is -0.747. The van der Waals surface area contributed by atoms with Crippen LogP contribution in [-0.4, -0.2) is 18.6 Å². The minimum atomic E-state index is -4.69. The lowest BCUT2D eigenvalue weighted by atomic mass is 10.1. The smallest absolute Gasteiger partial charge is 0.352 e. The summed E-state index contributed by atoms with van der Waals surface area (Å²) < 4.78 is 73.5. The van der Waals surface area contributed by atoms with Crippen molar-refractivity contribution in [2.75, 3.05) is 12.0 Å². The molecule has 1 amide bonds. The summed E-state index contributed by atoms with van der Waals surface area (Å²) in [5.74, 6) is 3.97. The van der Waals surface area contributed by atoms with Crippen molar-refractivity contribution in [1.29, 1.82) is 0 Å². The third kappa shape index (κ3) is 5.14. The lowest BCUT2D eigenvalue weighted by Crippen LogP contribution is -2.29. The normalized spacial score (nSPS) is 12.1. The molecule has 21 heavy (non-hydrogen) atoms. The molecule has 0 aliphatic carbocycles. The van der Waals surface area contributed by atoms with E-state index in [9.17, 15) is 31.1 Å². The van der Waals surface area contributed by atoms with E-state index in [0.717, 1.165) is 6.07 Å². The molecule has 0 heterocycles. The number of hydrazine groups is 1. The van der Waals surface area contributed by atoms with Crippen LogP contribution in [0.1, 0.15) is 22.3 Å². The number of carbonyl (C=O) groups is 1. The molecule has 0 unspecified atom stereocenters. The van der Waals surface area contributed by atoms with Crippen molar-refractivity contribution in [1.82, 2.24) is 5.32 Å². The molecule has 1 aromatic carbocycles. The number of nitrogen functional groups attached to an aromatic ring is 1. The van der Waals surface area contributed by atoms with Crippen LogP contribution in [0.4, 0.5) is 32.0 Å². The van der Waals surface area contributed by atoms with Gasteiger partial charge in [-0.2, -0.15) is 26.3 Å². The molecule has 1 rings (SSSR count). The van der Waals surface area contributed by atoms with E-state index in [0.29, 0.717) is 12.1 Å². The first kappa shape index (κ1) is 17.1. The Morgan fingerprint density at radius 2 is 1.76 bits per heavy atom. The van der Waals surface area contributed by atoms with Crippen molar-refractivity contribution in [2.45, 2.75) is 18.8 Å². The summed E-state index contributed by atoms with van der Waals surface area (Å²) in [7, 11) is 0. The van der Waals surface area contributed by atoms with E-state index in [4.69, 9.17) is 5.84 Å². The highest BCUT2D eigenvalue weighted by molar-refractivity contribution is 5.99. The molecule has 4 nitrogen and oxygen atoms in total. The van der Waals surface area contributed by atoms with Gasteiger partial charge in [-0.15, -0.1) is 0 Å². The van der Waals surface area contributed by atoms with Crippen molar-refractivity contribution >= 4 is 11.6 Å². The van der Waals surface area contributed by atoms with Gasteiger partial charge in [0, 0.05) is 6.54 Å². The van der Waals surface area contributed by atoms with E-state index >= 15 is 0 Å². The molecule has 0 radical (unpaired) electrons. The molecule has 118 valence electrons. The number of hydrogen-bond donors (Lipinski definition) is 3. The summed E-state index contributed by atoms with van der Waals surface area (Å²) >= 11 is 0. The van der Waals surface area contributed by atoms with E-state index in [1.54, 1.807) is 0 Å². The molecular formula is C11H11F6N3O. The molecule has 0 saturated carbocycles. The molecule has 0 spiro atoms. The number of carbonyl (C=O) groups excluding carboxylic acids is 1. The van der Waals surface area contributed by atoms with Crippen LogP contribution in [0.5, 0.6) is 0 Å². The molecule has 0 bridgehead atoms. The van der Waals surface area contributed by atoms with Crippen molar-refractivity contribution in [3.05, 3.63) is 29.3 Å². The van der Waals surface area contributed by atoms with E-state index in [1.165, 1.54) is 0 Å². The van der Waals surface area contributed by atoms with Gasteiger partial charge in [-0.05, 0) is 18.2 Å². The van der Waals surface area contributed by atoms with Gasteiger partial charge < -0.3 is 10.7 Å². The second-order valence-electron chi connectivity index (χ2n) is 4.02. The number of rotatable bonds is 4. The van der Waals surface area contributed by atoms with E-state index in [1.807, 2.05) is 10.7 Å². The van der Waals surface area contributed by atoms with Gasteiger partial charge in [0.2, 0.25) is 0 Å². The second kappa shape index (κ2) is 6.20. The fourth-order valence-electron chi connectivity index (χ4n) is 1.45. The van der Waals surface area contributed by atoms with Crippen molar-refractivity contribution < 1.29 is 31.1 Å². The van der Waals surface area contributed by atoms with Crippen LogP contribution in [0.3, 0.4) is 0 Å². The summed E-state index contributed by atoms with van der Waals surface area (Å²) in [5.41, 5.74) is 0.279. The fourth-order valence-corrected chi connectivity index (χ4v) is 1.45. The van der Waals surface area contributed by atoms with Gasteiger partial charge in [-0.1, -0.05) is 0 Å². The van der Waals surface area contributed by atoms with E-state index in [-0.39, 0.29) is 5.69 Å². The summed E-state index contributed by atoms with van der Waals surface area (Å²) in [5, 5.41) is 1.89.